The number of hydrogen-bond donors (Lipinski definition) is 2. The highest BCUT2D eigenvalue weighted by Crippen LogP contribution is 2.27. The molecule has 1 aliphatic carbocycles. The standard InChI is InChI=1S/C15H19ClN2O2S/c1-20-13-8-7-10(16)9-12(13)18-14(19)15(21)17-11-5-3-2-4-6-11/h7-9,11H,2-6H2,1H3,(H,17,21)(H,18,19). The first-order valence-electron chi connectivity index (χ1n) is 7.05. The van der Waals surface area contributed by atoms with Crippen molar-refractivity contribution in [1.82, 2.24) is 5.32 Å². The minimum atomic E-state index is -0.337. The number of hydrogen-bond acceptors (Lipinski definition) is 3. The Bertz CT molecular complexity index is 530. The normalized spacial score (nSPS) is 15.3. The zero-order valence-corrected chi connectivity index (χ0v) is 13.5. The second kappa shape index (κ2) is 7.61. The van der Waals surface area contributed by atoms with Crippen molar-refractivity contribution in [2.24, 2.45) is 0 Å². The summed E-state index contributed by atoms with van der Waals surface area (Å²) in [7, 11) is 1.54. The summed E-state index contributed by atoms with van der Waals surface area (Å²) in [4.78, 5) is 12.4. The van der Waals surface area contributed by atoms with Crippen LogP contribution in [0.5, 0.6) is 5.75 Å². The molecule has 0 atom stereocenters. The zero-order valence-electron chi connectivity index (χ0n) is 11.9. The molecule has 0 aromatic heterocycles. The number of halogens is 1. The number of ether oxygens (including phenoxy) is 1. The maximum Gasteiger partial charge on any atom is 0.283 e. The molecule has 0 heterocycles. The monoisotopic (exact) mass is 326 g/mol. The van der Waals surface area contributed by atoms with Crippen LogP contribution in [0.4, 0.5) is 5.69 Å². The number of benzene rings is 1. The lowest BCUT2D eigenvalue weighted by molar-refractivity contribution is -0.110. The number of thiocarbonyl (C=S) groups is 1. The minimum Gasteiger partial charge on any atom is -0.495 e. The van der Waals surface area contributed by atoms with Crippen molar-refractivity contribution in [1.29, 1.82) is 0 Å². The highest BCUT2D eigenvalue weighted by molar-refractivity contribution is 7.82. The predicted octanol–water partition coefficient (Wildman–Crippen LogP) is 3.54. The summed E-state index contributed by atoms with van der Waals surface area (Å²) in [5.41, 5.74) is 0.516. The lowest BCUT2D eigenvalue weighted by Gasteiger charge is -2.23. The third-order valence-corrected chi connectivity index (χ3v) is 4.09. The molecule has 0 saturated heterocycles. The molecule has 6 heteroatoms. The van der Waals surface area contributed by atoms with Crippen molar-refractivity contribution in [2.45, 2.75) is 38.1 Å². The number of methoxy groups -OCH3 is 1. The maximum absolute atomic E-state index is 12.2. The molecule has 0 bridgehead atoms. The van der Waals surface area contributed by atoms with E-state index in [0.29, 0.717) is 22.5 Å². The molecule has 1 amide bonds. The van der Waals surface area contributed by atoms with E-state index in [9.17, 15) is 4.79 Å². The second-order valence-corrected chi connectivity index (χ2v) is 5.95. The second-order valence-electron chi connectivity index (χ2n) is 5.11. The summed E-state index contributed by atoms with van der Waals surface area (Å²) in [6, 6.07) is 5.35. The third-order valence-electron chi connectivity index (χ3n) is 3.56. The molecule has 21 heavy (non-hydrogen) atoms. The molecule has 4 nitrogen and oxygen atoms in total. The fraction of sp³-hybridized carbons (Fsp3) is 0.467. The summed E-state index contributed by atoms with van der Waals surface area (Å²) in [6.45, 7) is 0. The van der Waals surface area contributed by atoms with Crippen LogP contribution in [-0.4, -0.2) is 24.0 Å². The van der Waals surface area contributed by atoms with Gasteiger partial charge in [-0.3, -0.25) is 4.79 Å². The molecule has 0 aliphatic heterocycles. The molecule has 2 N–H and O–H groups in total. The molecular weight excluding hydrogens is 308 g/mol. The van der Waals surface area contributed by atoms with Gasteiger partial charge < -0.3 is 15.4 Å². The molecular formula is C15H19ClN2O2S. The minimum absolute atomic E-state index is 0.212. The van der Waals surface area contributed by atoms with Gasteiger partial charge in [-0.25, -0.2) is 0 Å². The molecule has 1 fully saturated rings. The van der Waals surface area contributed by atoms with Gasteiger partial charge in [0.1, 0.15) is 5.75 Å². The van der Waals surface area contributed by atoms with E-state index in [0.717, 1.165) is 12.8 Å². The molecule has 1 saturated carbocycles. The van der Waals surface area contributed by atoms with Gasteiger partial charge in [-0.2, -0.15) is 0 Å². The molecule has 0 spiro atoms. The molecule has 1 aromatic rings. The van der Waals surface area contributed by atoms with Gasteiger partial charge in [-0.15, -0.1) is 0 Å². The van der Waals surface area contributed by atoms with E-state index >= 15 is 0 Å². The topological polar surface area (TPSA) is 50.4 Å². The Hall–Kier alpha value is -1.33. The number of amides is 1. The van der Waals surface area contributed by atoms with Crippen LogP contribution in [-0.2, 0) is 4.79 Å². The van der Waals surface area contributed by atoms with Crippen LogP contribution >= 0.6 is 23.8 Å². The Morgan fingerprint density at radius 3 is 2.71 bits per heavy atom. The van der Waals surface area contributed by atoms with E-state index in [1.54, 1.807) is 18.2 Å². The van der Waals surface area contributed by atoms with E-state index < -0.39 is 0 Å². The van der Waals surface area contributed by atoms with Gasteiger partial charge in [0, 0.05) is 11.1 Å². The number of nitrogens with one attached hydrogen (secondary N) is 2. The van der Waals surface area contributed by atoms with Gasteiger partial charge in [0.05, 0.1) is 12.8 Å². The highest BCUT2D eigenvalue weighted by Gasteiger charge is 2.18. The van der Waals surface area contributed by atoms with Crippen molar-refractivity contribution < 1.29 is 9.53 Å². The highest BCUT2D eigenvalue weighted by atomic mass is 35.5. The Kier molecular flexibility index (Phi) is 5.82. The first-order chi connectivity index (χ1) is 10.1. The van der Waals surface area contributed by atoms with Crippen LogP contribution in [0.3, 0.4) is 0 Å². The van der Waals surface area contributed by atoms with Gasteiger partial charge in [-0.1, -0.05) is 43.1 Å². The van der Waals surface area contributed by atoms with E-state index in [1.807, 2.05) is 0 Å². The maximum atomic E-state index is 12.2. The van der Waals surface area contributed by atoms with Crippen LogP contribution in [0.1, 0.15) is 32.1 Å². The van der Waals surface area contributed by atoms with E-state index in [1.165, 1.54) is 26.4 Å². The fourth-order valence-electron chi connectivity index (χ4n) is 2.45. The average Bonchev–Trinajstić information content (AvgIpc) is 2.48. The van der Waals surface area contributed by atoms with Gasteiger partial charge >= 0.3 is 0 Å². The zero-order chi connectivity index (χ0) is 15.2. The van der Waals surface area contributed by atoms with Crippen molar-refractivity contribution >= 4 is 40.4 Å². The molecule has 0 radical (unpaired) electrons. The average molecular weight is 327 g/mol. The summed E-state index contributed by atoms with van der Waals surface area (Å²) in [5, 5.41) is 6.40. The smallest absolute Gasteiger partial charge is 0.283 e. The third kappa shape index (κ3) is 4.58. The van der Waals surface area contributed by atoms with Crippen molar-refractivity contribution in [2.75, 3.05) is 12.4 Å². The van der Waals surface area contributed by atoms with E-state index in [-0.39, 0.29) is 10.9 Å². The van der Waals surface area contributed by atoms with Crippen molar-refractivity contribution in [3.8, 4) is 5.75 Å². The summed E-state index contributed by atoms with van der Waals surface area (Å²) < 4.78 is 5.19. The number of anilines is 1. The SMILES string of the molecule is COc1ccc(Cl)cc1NC(=O)C(=S)NC1CCCCC1. The van der Waals surface area contributed by atoms with Crippen molar-refractivity contribution in [3.05, 3.63) is 23.2 Å². The number of carbonyl (C=O) groups is 1. The van der Waals surface area contributed by atoms with Crippen LogP contribution in [0.25, 0.3) is 0 Å². The van der Waals surface area contributed by atoms with Crippen LogP contribution < -0.4 is 15.4 Å². The molecule has 114 valence electrons. The lowest BCUT2D eigenvalue weighted by Crippen LogP contribution is -2.41. The first-order valence-corrected chi connectivity index (χ1v) is 7.84. The van der Waals surface area contributed by atoms with E-state index in [4.69, 9.17) is 28.6 Å². The van der Waals surface area contributed by atoms with Crippen LogP contribution in [0, 0.1) is 0 Å². The van der Waals surface area contributed by atoms with Gasteiger partial charge in [-0.05, 0) is 31.0 Å². The Morgan fingerprint density at radius 1 is 1.33 bits per heavy atom. The lowest BCUT2D eigenvalue weighted by atomic mass is 9.95. The van der Waals surface area contributed by atoms with E-state index in [2.05, 4.69) is 10.6 Å². The van der Waals surface area contributed by atoms with Gasteiger partial charge in [0.25, 0.3) is 5.91 Å². The van der Waals surface area contributed by atoms with Crippen LogP contribution in [0.15, 0.2) is 18.2 Å². The van der Waals surface area contributed by atoms with Gasteiger partial charge in [0.15, 0.2) is 4.99 Å². The molecule has 1 aromatic carbocycles. The molecule has 2 rings (SSSR count). The number of rotatable bonds is 3. The Labute approximate surface area is 135 Å². The summed E-state index contributed by atoms with van der Waals surface area (Å²) in [6.07, 6.45) is 5.76. The number of carbonyl (C=O) groups excluding carboxylic acids is 1. The summed E-state index contributed by atoms with van der Waals surface area (Å²) in [5.74, 6) is 0.212. The predicted molar refractivity (Wildman–Crippen MR) is 89.2 cm³/mol. The molecule has 0 unspecified atom stereocenters. The quantitative estimate of drug-likeness (QED) is 0.834. The van der Waals surface area contributed by atoms with Crippen LogP contribution in [0.2, 0.25) is 5.02 Å². The summed E-state index contributed by atoms with van der Waals surface area (Å²) >= 11 is 11.1. The van der Waals surface area contributed by atoms with Gasteiger partial charge in [0.2, 0.25) is 0 Å². The largest absolute Gasteiger partial charge is 0.495 e. The first kappa shape index (κ1) is 16.0. The van der Waals surface area contributed by atoms with Crippen molar-refractivity contribution in [3.63, 3.8) is 0 Å². The Balaban J connectivity index is 1.97. The molecule has 1 aliphatic rings. The Morgan fingerprint density at radius 2 is 2.05 bits per heavy atom. The fourth-order valence-corrected chi connectivity index (χ4v) is 2.84.